The van der Waals surface area contributed by atoms with E-state index in [2.05, 4.69) is 9.97 Å². The minimum Gasteiger partial charge on any atom is -0.383 e. The fourth-order valence-electron chi connectivity index (χ4n) is 4.28. The zero-order valence-corrected chi connectivity index (χ0v) is 21.6. The van der Waals surface area contributed by atoms with E-state index in [1.807, 2.05) is 0 Å². The summed E-state index contributed by atoms with van der Waals surface area (Å²) in [5.41, 5.74) is 0.395. The summed E-state index contributed by atoms with van der Waals surface area (Å²) in [4.78, 5) is 34.6. The lowest BCUT2D eigenvalue weighted by Gasteiger charge is -2.24. The minimum absolute atomic E-state index is 0.0130. The molecule has 0 saturated carbocycles. The molecule has 1 aromatic heterocycles. The standard InChI is InChI=1S/C25H29ClN4O5S/c1-35-15-14-29(17-23-27-21-9-5-4-8-19(21)24(31)28-23)25(32)18-10-11-20(26)22(16-18)36(33,34)30-12-6-2-3-7-13-30/h4-5,8-11,16H,2-3,6-7,12-15,17H2,1H3,(H,27,28,31). The van der Waals surface area contributed by atoms with Crippen LogP contribution < -0.4 is 5.56 Å². The van der Waals surface area contributed by atoms with Crippen molar-refractivity contribution in [1.29, 1.82) is 0 Å². The quantitative estimate of drug-likeness (QED) is 0.475. The molecule has 0 spiro atoms. The number of carbonyl (C=O) groups excluding carboxylic acids is 1. The first-order chi connectivity index (χ1) is 17.3. The number of ether oxygens (including phenoxy) is 1. The zero-order valence-electron chi connectivity index (χ0n) is 20.1. The van der Waals surface area contributed by atoms with E-state index < -0.39 is 15.9 Å². The molecule has 1 aliphatic heterocycles. The topological polar surface area (TPSA) is 113 Å². The van der Waals surface area contributed by atoms with E-state index in [0.717, 1.165) is 25.7 Å². The third kappa shape index (κ3) is 5.78. The maximum absolute atomic E-state index is 13.5. The number of hydrogen-bond donors (Lipinski definition) is 1. The fourth-order valence-corrected chi connectivity index (χ4v) is 6.30. The number of methoxy groups -OCH3 is 1. The fraction of sp³-hybridized carbons (Fsp3) is 0.400. The van der Waals surface area contributed by atoms with Gasteiger partial charge >= 0.3 is 0 Å². The molecule has 9 nitrogen and oxygen atoms in total. The number of para-hydroxylation sites is 1. The Morgan fingerprint density at radius 2 is 1.86 bits per heavy atom. The summed E-state index contributed by atoms with van der Waals surface area (Å²) in [5.74, 6) is -0.110. The second-order valence-electron chi connectivity index (χ2n) is 8.71. The van der Waals surface area contributed by atoms with Crippen molar-refractivity contribution in [2.24, 2.45) is 0 Å². The lowest BCUT2D eigenvalue weighted by Crippen LogP contribution is -2.35. The van der Waals surface area contributed by atoms with E-state index in [9.17, 15) is 18.0 Å². The lowest BCUT2D eigenvalue weighted by molar-refractivity contribution is 0.0675. The maximum atomic E-state index is 13.5. The molecule has 0 bridgehead atoms. The molecule has 1 amide bonds. The summed E-state index contributed by atoms with van der Waals surface area (Å²) >= 11 is 6.31. The smallest absolute Gasteiger partial charge is 0.258 e. The number of carbonyl (C=O) groups is 1. The van der Waals surface area contributed by atoms with Crippen molar-refractivity contribution in [1.82, 2.24) is 19.2 Å². The van der Waals surface area contributed by atoms with Gasteiger partial charge in [0.25, 0.3) is 11.5 Å². The van der Waals surface area contributed by atoms with Crippen LogP contribution in [0.5, 0.6) is 0 Å². The number of amides is 1. The van der Waals surface area contributed by atoms with Gasteiger partial charge in [-0.15, -0.1) is 0 Å². The molecular weight excluding hydrogens is 504 g/mol. The Kier molecular flexibility index (Phi) is 8.40. The van der Waals surface area contributed by atoms with Crippen molar-refractivity contribution in [2.75, 3.05) is 33.4 Å². The van der Waals surface area contributed by atoms with Crippen LogP contribution in [0.15, 0.2) is 52.2 Å². The molecule has 0 aliphatic carbocycles. The molecule has 3 aromatic rings. The monoisotopic (exact) mass is 532 g/mol. The molecule has 36 heavy (non-hydrogen) atoms. The van der Waals surface area contributed by atoms with Crippen LogP contribution in [0.1, 0.15) is 41.9 Å². The van der Waals surface area contributed by atoms with Gasteiger partial charge in [0.1, 0.15) is 10.7 Å². The number of H-pyrrole nitrogens is 1. The minimum atomic E-state index is -3.86. The number of rotatable bonds is 8. The Balaban J connectivity index is 1.65. The summed E-state index contributed by atoms with van der Waals surface area (Å²) in [6.45, 7) is 1.33. The van der Waals surface area contributed by atoms with Crippen LogP contribution >= 0.6 is 11.6 Å². The number of hydrogen-bond acceptors (Lipinski definition) is 6. The van der Waals surface area contributed by atoms with Gasteiger partial charge < -0.3 is 14.6 Å². The van der Waals surface area contributed by atoms with Gasteiger partial charge in [-0.3, -0.25) is 9.59 Å². The number of aromatic amines is 1. The summed E-state index contributed by atoms with van der Waals surface area (Å²) in [7, 11) is -2.34. The number of fused-ring (bicyclic) bond motifs is 1. The van der Waals surface area contributed by atoms with Crippen molar-refractivity contribution in [3.05, 3.63) is 69.2 Å². The summed E-state index contributed by atoms with van der Waals surface area (Å²) in [6, 6.07) is 11.2. The van der Waals surface area contributed by atoms with Crippen molar-refractivity contribution in [3.8, 4) is 0 Å². The molecule has 4 rings (SSSR count). The number of sulfonamides is 1. The van der Waals surface area contributed by atoms with Gasteiger partial charge in [0.2, 0.25) is 10.0 Å². The van der Waals surface area contributed by atoms with Gasteiger partial charge in [-0.05, 0) is 43.2 Å². The molecule has 1 saturated heterocycles. The van der Waals surface area contributed by atoms with Crippen LogP contribution in [0.25, 0.3) is 10.9 Å². The highest BCUT2D eigenvalue weighted by Crippen LogP contribution is 2.28. The Morgan fingerprint density at radius 1 is 1.14 bits per heavy atom. The van der Waals surface area contributed by atoms with Crippen LogP contribution in [0, 0.1) is 0 Å². The van der Waals surface area contributed by atoms with E-state index in [-0.39, 0.29) is 40.7 Å². The number of halogens is 1. The van der Waals surface area contributed by atoms with Gasteiger partial charge in [-0.2, -0.15) is 4.31 Å². The molecule has 11 heteroatoms. The maximum Gasteiger partial charge on any atom is 0.258 e. The second-order valence-corrected chi connectivity index (χ2v) is 11.0. The molecule has 192 valence electrons. The molecule has 0 radical (unpaired) electrons. The van der Waals surface area contributed by atoms with Gasteiger partial charge in [0, 0.05) is 32.3 Å². The highest BCUT2D eigenvalue weighted by molar-refractivity contribution is 7.89. The van der Waals surface area contributed by atoms with Crippen molar-refractivity contribution >= 4 is 38.4 Å². The number of nitrogens with zero attached hydrogens (tertiary/aromatic N) is 3. The first kappa shape index (κ1) is 26.3. The summed E-state index contributed by atoms with van der Waals surface area (Å²) in [5, 5.41) is 0.525. The van der Waals surface area contributed by atoms with Gasteiger partial charge in [0.05, 0.1) is 29.1 Å². The number of benzene rings is 2. The SMILES string of the molecule is COCCN(Cc1nc2ccccc2c(=O)[nH]1)C(=O)c1ccc(Cl)c(S(=O)(=O)N2CCCCCC2)c1. The van der Waals surface area contributed by atoms with Crippen LogP contribution in [-0.2, 0) is 21.3 Å². The normalized spacial score (nSPS) is 15.1. The predicted octanol–water partition coefficient (Wildman–Crippen LogP) is 3.43. The molecule has 1 N–H and O–H groups in total. The summed E-state index contributed by atoms with van der Waals surface area (Å²) < 4.78 is 33.4. The van der Waals surface area contributed by atoms with Crippen LogP contribution in [-0.4, -0.2) is 66.8 Å². The number of aromatic nitrogens is 2. The van der Waals surface area contributed by atoms with Gasteiger partial charge in [-0.25, -0.2) is 13.4 Å². The molecule has 1 fully saturated rings. The van der Waals surface area contributed by atoms with E-state index in [4.69, 9.17) is 16.3 Å². The highest BCUT2D eigenvalue weighted by Gasteiger charge is 2.29. The van der Waals surface area contributed by atoms with Crippen LogP contribution in [0.3, 0.4) is 0 Å². The van der Waals surface area contributed by atoms with Crippen molar-refractivity contribution in [2.45, 2.75) is 37.1 Å². The van der Waals surface area contributed by atoms with E-state index in [1.54, 1.807) is 24.3 Å². The third-order valence-electron chi connectivity index (χ3n) is 6.22. The van der Waals surface area contributed by atoms with Crippen molar-refractivity contribution < 1.29 is 17.9 Å². The van der Waals surface area contributed by atoms with Crippen LogP contribution in [0.2, 0.25) is 5.02 Å². The zero-order chi connectivity index (χ0) is 25.7. The average Bonchev–Trinajstić information content (AvgIpc) is 3.17. The molecule has 2 aromatic carbocycles. The van der Waals surface area contributed by atoms with E-state index in [0.29, 0.717) is 29.8 Å². The Hall–Kier alpha value is -2.79. The molecule has 0 atom stereocenters. The third-order valence-corrected chi connectivity index (χ3v) is 8.60. The highest BCUT2D eigenvalue weighted by atomic mass is 35.5. The molecule has 2 heterocycles. The van der Waals surface area contributed by atoms with Crippen LogP contribution in [0.4, 0.5) is 0 Å². The van der Waals surface area contributed by atoms with Crippen molar-refractivity contribution in [3.63, 3.8) is 0 Å². The predicted molar refractivity (Wildman–Crippen MR) is 138 cm³/mol. The van der Waals surface area contributed by atoms with Gasteiger partial charge in [-0.1, -0.05) is 36.6 Å². The lowest BCUT2D eigenvalue weighted by atomic mass is 10.2. The van der Waals surface area contributed by atoms with E-state index >= 15 is 0 Å². The second kappa shape index (κ2) is 11.5. The largest absolute Gasteiger partial charge is 0.383 e. The first-order valence-corrected chi connectivity index (χ1v) is 13.7. The van der Waals surface area contributed by atoms with Gasteiger partial charge in [0.15, 0.2) is 0 Å². The first-order valence-electron chi connectivity index (χ1n) is 11.9. The number of nitrogens with one attached hydrogen (secondary N) is 1. The Morgan fingerprint density at radius 3 is 2.58 bits per heavy atom. The van der Waals surface area contributed by atoms with E-state index in [1.165, 1.54) is 34.5 Å². The molecular formula is C25H29ClN4O5S. The molecule has 0 unspecified atom stereocenters. The Bertz CT molecular complexity index is 1400. The average molecular weight is 533 g/mol. The summed E-state index contributed by atoms with van der Waals surface area (Å²) in [6.07, 6.45) is 3.55. The molecule has 1 aliphatic rings. The Labute approximate surface area is 215 Å².